The zero-order chi connectivity index (χ0) is 17.0. The van der Waals surface area contributed by atoms with E-state index in [-0.39, 0.29) is 5.97 Å². The monoisotopic (exact) mass is 320 g/mol. The van der Waals surface area contributed by atoms with Gasteiger partial charge in [0.25, 0.3) is 0 Å². The van der Waals surface area contributed by atoms with Crippen LogP contribution < -0.4 is 0 Å². The number of esters is 1. The maximum Gasteiger partial charge on any atom is 0.305 e. The van der Waals surface area contributed by atoms with Crippen molar-refractivity contribution in [2.45, 2.75) is 84.0 Å². The first kappa shape index (κ1) is 21.7. The maximum atomic E-state index is 10.9. The van der Waals surface area contributed by atoms with E-state index >= 15 is 0 Å². The Morgan fingerprint density at radius 3 is 1.96 bits per heavy atom. The van der Waals surface area contributed by atoms with Crippen LogP contribution in [0.4, 0.5) is 0 Å². The summed E-state index contributed by atoms with van der Waals surface area (Å²) >= 11 is 0. The maximum absolute atomic E-state index is 10.9. The molecule has 0 rings (SSSR count). The Kier molecular flexibility index (Phi) is 17.7. The summed E-state index contributed by atoms with van der Waals surface area (Å²) in [6.45, 7) is 2.24. The second kappa shape index (κ2) is 18.7. The molecule has 2 nitrogen and oxygen atoms in total. The van der Waals surface area contributed by atoms with Gasteiger partial charge in [-0.1, -0.05) is 62.6 Å². The van der Waals surface area contributed by atoms with E-state index < -0.39 is 0 Å². The molecule has 0 spiro atoms. The number of carbonyl (C=O) groups excluding carboxylic acids is 1. The molecule has 0 saturated carbocycles. The summed E-state index contributed by atoms with van der Waals surface area (Å²) < 4.78 is 4.62. The molecule has 0 aliphatic heterocycles. The third kappa shape index (κ3) is 18.6. The molecule has 0 bridgehead atoms. The van der Waals surface area contributed by atoms with Crippen LogP contribution in [-0.4, -0.2) is 13.1 Å². The van der Waals surface area contributed by atoms with E-state index in [9.17, 15) is 4.79 Å². The summed E-state index contributed by atoms with van der Waals surface area (Å²) in [6, 6.07) is 0. The Morgan fingerprint density at radius 1 is 0.739 bits per heavy atom. The zero-order valence-corrected chi connectivity index (χ0v) is 15.3. The lowest BCUT2D eigenvalue weighted by Gasteiger charge is -1.98. The second-order valence-corrected chi connectivity index (χ2v) is 5.90. The lowest BCUT2D eigenvalue weighted by Crippen LogP contribution is -1.98. The molecule has 0 heterocycles. The standard InChI is InChI=1S/C21H36O2/c1-3-4-5-6-7-8-9-10-11-12-13-14-15-16-17-18-19-20-21(22)23-2/h7-8,10-11,14-15H,3-6,9,12-13,16-20H2,1-2H3/b8-7+,11-10+,15-14+. The summed E-state index contributed by atoms with van der Waals surface area (Å²) in [6.07, 6.45) is 27.0. The number of hydrogen-bond acceptors (Lipinski definition) is 2. The number of hydrogen-bond donors (Lipinski definition) is 0. The second-order valence-electron chi connectivity index (χ2n) is 5.90. The quantitative estimate of drug-likeness (QED) is 0.195. The van der Waals surface area contributed by atoms with E-state index in [1.165, 1.54) is 32.8 Å². The number of rotatable bonds is 15. The predicted octanol–water partition coefficient (Wildman–Crippen LogP) is 6.53. The van der Waals surface area contributed by atoms with Crippen LogP contribution in [-0.2, 0) is 9.53 Å². The number of ether oxygens (including phenoxy) is 1. The van der Waals surface area contributed by atoms with Gasteiger partial charge in [-0.2, -0.15) is 0 Å². The van der Waals surface area contributed by atoms with Crippen LogP contribution in [0.15, 0.2) is 36.5 Å². The van der Waals surface area contributed by atoms with E-state index in [1.807, 2.05) is 0 Å². The molecule has 0 aliphatic carbocycles. The summed E-state index contributed by atoms with van der Waals surface area (Å²) in [5, 5.41) is 0. The molecule has 132 valence electrons. The fourth-order valence-corrected chi connectivity index (χ4v) is 2.26. The van der Waals surface area contributed by atoms with Gasteiger partial charge in [0.2, 0.25) is 0 Å². The Balaban J connectivity index is 3.30. The van der Waals surface area contributed by atoms with Crippen molar-refractivity contribution in [1.29, 1.82) is 0 Å². The van der Waals surface area contributed by atoms with Gasteiger partial charge in [0.1, 0.15) is 0 Å². The van der Waals surface area contributed by atoms with Gasteiger partial charge in [0.05, 0.1) is 7.11 Å². The Bertz CT molecular complexity index is 340. The predicted molar refractivity (Wildman–Crippen MR) is 101 cm³/mol. The van der Waals surface area contributed by atoms with Gasteiger partial charge in [0, 0.05) is 6.42 Å². The fraction of sp³-hybridized carbons (Fsp3) is 0.667. The largest absolute Gasteiger partial charge is 0.469 e. The zero-order valence-electron chi connectivity index (χ0n) is 15.3. The minimum Gasteiger partial charge on any atom is -0.469 e. The van der Waals surface area contributed by atoms with Crippen molar-refractivity contribution in [2.24, 2.45) is 0 Å². The van der Waals surface area contributed by atoms with Crippen LogP contribution in [0.3, 0.4) is 0 Å². The number of methoxy groups -OCH3 is 1. The first-order valence-electron chi connectivity index (χ1n) is 9.33. The summed E-state index contributed by atoms with van der Waals surface area (Å²) in [7, 11) is 1.45. The molecule has 0 unspecified atom stereocenters. The molecule has 0 aromatic heterocycles. The highest BCUT2D eigenvalue weighted by atomic mass is 16.5. The minimum absolute atomic E-state index is 0.0943. The van der Waals surface area contributed by atoms with E-state index in [0.29, 0.717) is 6.42 Å². The molecule has 0 saturated heterocycles. The van der Waals surface area contributed by atoms with Gasteiger partial charge >= 0.3 is 5.97 Å². The molecule has 0 N–H and O–H groups in total. The normalized spacial score (nSPS) is 11.9. The molecule has 0 radical (unpaired) electrons. The molecule has 0 aromatic carbocycles. The summed E-state index contributed by atoms with van der Waals surface area (Å²) in [4.78, 5) is 10.9. The minimum atomic E-state index is -0.0943. The third-order valence-corrected chi connectivity index (χ3v) is 3.73. The van der Waals surface area contributed by atoms with Crippen molar-refractivity contribution < 1.29 is 9.53 Å². The summed E-state index contributed by atoms with van der Waals surface area (Å²) in [5.74, 6) is -0.0943. The first-order valence-corrected chi connectivity index (χ1v) is 9.33. The van der Waals surface area contributed by atoms with Crippen LogP contribution in [0.2, 0.25) is 0 Å². The van der Waals surface area contributed by atoms with E-state index in [0.717, 1.165) is 44.9 Å². The van der Waals surface area contributed by atoms with Crippen molar-refractivity contribution in [3.63, 3.8) is 0 Å². The molecular formula is C21H36O2. The smallest absolute Gasteiger partial charge is 0.305 e. The first-order chi connectivity index (χ1) is 11.3. The van der Waals surface area contributed by atoms with Crippen LogP contribution >= 0.6 is 0 Å². The Morgan fingerprint density at radius 2 is 1.30 bits per heavy atom. The third-order valence-electron chi connectivity index (χ3n) is 3.73. The average molecular weight is 321 g/mol. The highest BCUT2D eigenvalue weighted by molar-refractivity contribution is 5.68. The van der Waals surface area contributed by atoms with Gasteiger partial charge in [-0.15, -0.1) is 0 Å². The van der Waals surface area contributed by atoms with Crippen LogP contribution in [0.5, 0.6) is 0 Å². The highest BCUT2D eigenvalue weighted by Gasteiger charge is 1.97. The van der Waals surface area contributed by atoms with Gasteiger partial charge in [-0.05, 0) is 51.4 Å². The summed E-state index contributed by atoms with van der Waals surface area (Å²) in [5.41, 5.74) is 0. The van der Waals surface area contributed by atoms with Crippen molar-refractivity contribution in [3.8, 4) is 0 Å². The molecule has 0 aromatic rings. The van der Waals surface area contributed by atoms with Crippen molar-refractivity contribution in [1.82, 2.24) is 0 Å². The topological polar surface area (TPSA) is 26.3 Å². The number of allylic oxidation sites excluding steroid dienone is 6. The van der Waals surface area contributed by atoms with Gasteiger partial charge in [-0.25, -0.2) is 0 Å². The Labute approximate surface area is 143 Å². The van der Waals surface area contributed by atoms with Gasteiger partial charge in [-0.3, -0.25) is 4.79 Å². The van der Waals surface area contributed by atoms with Crippen LogP contribution in [0, 0.1) is 0 Å². The van der Waals surface area contributed by atoms with Crippen molar-refractivity contribution >= 4 is 5.97 Å². The van der Waals surface area contributed by atoms with Crippen molar-refractivity contribution in [3.05, 3.63) is 36.5 Å². The number of carbonyl (C=O) groups is 1. The molecule has 0 amide bonds. The van der Waals surface area contributed by atoms with Crippen LogP contribution in [0.1, 0.15) is 84.0 Å². The van der Waals surface area contributed by atoms with E-state index in [4.69, 9.17) is 0 Å². The van der Waals surface area contributed by atoms with Gasteiger partial charge in [0.15, 0.2) is 0 Å². The molecule has 2 heteroatoms. The molecule has 0 atom stereocenters. The van der Waals surface area contributed by atoms with Crippen LogP contribution in [0.25, 0.3) is 0 Å². The van der Waals surface area contributed by atoms with Crippen molar-refractivity contribution in [2.75, 3.05) is 7.11 Å². The highest BCUT2D eigenvalue weighted by Crippen LogP contribution is 2.05. The molecule has 0 aliphatic rings. The lowest BCUT2D eigenvalue weighted by molar-refractivity contribution is -0.140. The number of unbranched alkanes of at least 4 members (excludes halogenated alkanes) is 7. The lowest BCUT2D eigenvalue weighted by atomic mass is 10.1. The SMILES string of the molecule is CCCCC/C=C/C/C=C/CC/C=C/CCCCCC(=O)OC. The van der Waals surface area contributed by atoms with E-state index in [2.05, 4.69) is 48.1 Å². The molecular weight excluding hydrogens is 284 g/mol. The van der Waals surface area contributed by atoms with Gasteiger partial charge < -0.3 is 4.74 Å². The Hall–Kier alpha value is -1.31. The fourth-order valence-electron chi connectivity index (χ4n) is 2.26. The molecule has 0 fully saturated rings. The van der Waals surface area contributed by atoms with E-state index in [1.54, 1.807) is 0 Å². The average Bonchev–Trinajstić information content (AvgIpc) is 2.57. The molecule has 23 heavy (non-hydrogen) atoms.